The molecule has 2 N–H and O–H groups in total. The summed E-state index contributed by atoms with van der Waals surface area (Å²) in [6, 6.07) is 3.11. The fourth-order valence-corrected chi connectivity index (χ4v) is 2.85. The lowest BCUT2D eigenvalue weighted by Gasteiger charge is -2.16. The van der Waals surface area contributed by atoms with E-state index in [-0.39, 0.29) is 17.4 Å². The second kappa shape index (κ2) is 9.11. The third kappa shape index (κ3) is 5.24. The van der Waals surface area contributed by atoms with Gasteiger partial charge < -0.3 is 19.8 Å². The molecule has 0 spiro atoms. The minimum absolute atomic E-state index is 0.151. The highest BCUT2D eigenvalue weighted by atomic mass is 16.5. The van der Waals surface area contributed by atoms with Gasteiger partial charge in [-0.05, 0) is 57.1 Å². The van der Waals surface area contributed by atoms with Crippen LogP contribution in [0.5, 0.6) is 11.5 Å². The van der Waals surface area contributed by atoms with Crippen molar-refractivity contribution in [1.29, 1.82) is 0 Å². The number of cyclic esters (lactones) is 1. The van der Waals surface area contributed by atoms with Gasteiger partial charge in [-0.1, -0.05) is 17.3 Å². The summed E-state index contributed by atoms with van der Waals surface area (Å²) in [5.74, 6) is -0.240. The molecule has 1 unspecified atom stereocenters. The number of phenols is 1. The molecule has 2 rings (SSSR count). The lowest BCUT2D eigenvalue weighted by molar-refractivity contribution is 0.0318. The number of oxime groups is 1. The number of rotatable bonds is 1. The van der Waals surface area contributed by atoms with E-state index in [1.807, 2.05) is 13.0 Å². The number of benzene rings is 1. The molecule has 0 fully saturated rings. The van der Waals surface area contributed by atoms with E-state index in [2.05, 4.69) is 5.16 Å². The minimum Gasteiger partial charge on any atom is -0.507 e. The monoisotopic (exact) mass is 347 g/mol. The van der Waals surface area contributed by atoms with Crippen LogP contribution in [0.4, 0.5) is 0 Å². The van der Waals surface area contributed by atoms with Crippen LogP contribution in [0.15, 0.2) is 23.4 Å². The van der Waals surface area contributed by atoms with Gasteiger partial charge >= 0.3 is 5.97 Å². The van der Waals surface area contributed by atoms with Gasteiger partial charge in [-0.3, -0.25) is 0 Å². The molecule has 6 heteroatoms. The largest absolute Gasteiger partial charge is 0.507 e. The van der Waals surface area contributed by atoms with Crippen LogP contribution in [0.3, 0.4) is 0 Å². The van der Waals surface area contributed by atoms with Crippen molar-refractivity contribution < 1.29 is 24.6 Å². The molecule has 0 amide bonds. The standard InChI is InChI=1S/C19H25NO5/c1-13-7-6-10-15(20-23)9-5-3-4-8-14-11-16(24-2)12-17(21)18(14)19(22)25-13/h4,8,11-13,21,23H,3,5-7,9-10H2,1-2H3. The predicted octanol–water partition coefficient (Wildman–Crippen LogP) is 4.14. The zero-order valence-corrected chi connectivity index (χ0v) is 14.7. The molecule has 0 bridgehead atoms. The van der Waals surface area contributed by atoms with Crippen LogP contribution < -0.4 is 4.74 Å². The number of carbonyl (C=O) groups is 1. The van der Waals surface area contributed by atoms with Gasteiger partial charge in [0.05, 0.1) is 18.9 Å². The molecule has 0 saturated carbocycles. The van der Waals surface area contributed by atoms with Gasteiger partial charge in [0.15, 0.2) is 0 Å². The molecule has 6 nitrogen and oxygen atoms in total. The maximum absolute atomic E-state index is 12.5. The predicted molar refractivity (Wildman–Crippen MR) is 95.5 cm³/mol. The van der Waals surface area contributed by atoms with Crippen LogP contribution in [-0.2, 0) is 4.74 Å². The summed E-state index contributed by atoms with van der Waals surface area (Å²) < 4.78 is 10.6. The summed E-state index contributed by atoms with van der Waals surface area (Å²) in [5, 5.41) is 22.7. The second-order valence-electron chi connectivity index (χ2n) is 6.18. The smallest absolute Gasteiger partial charge is 0.342 e. The lowest BCUT2D eigenvalue weighted by atomic mass is 10.0. The van der Waals surface area contributed by atoms with Crippen LogP contribution in [-0.4, -0.2) is 35.2 Å². The molecule has 0 saturated heterocycles. The van der Waals surface area contributed by atoms with E-state index >= 15 is 0 Å². The normalized spacial score (nSPS) is 21.3. The average molecular weight is 347 g/mol. The Kier molecular flexibility index (Phi) is 6.86. The van der Waals surface area contributed by atoms with Crippen molar-refractivity contribution in [2.24, 2.45) is 5.16 Å². The first-order valence-corrected chi connectivity index (χ1v) is 8.53. The first-order valence-electron chi connectivity index (χ1n) is 8.53. The number of methoxy groups -OCH3 is 1. The Morgan fingerprint density at radius 1 is 1.28 bits per heavy atom. The van der Waals surface area contributed by atoms with Crippen LogP contribution in [0.25, 0.3) is 6.08 Å². The Labute approximate surface area is 147 Å². The van der Waals surface area contributed by atoms with Gasteiger partial charge in [-0.2, -0.15) is 0 Å². The fraction of sp³-hybridized carbons (Fsp3) is 0.474. The highest BCUT2D eigenvalue weighted by Crippen LogP contribution is 2.30. The number of carbonyl (C=O) groups excluding carboxylic acids is 1. The van der Waals surface area contributed by atoms with Gasteiger partial charge in [0.1, 0.15) is 17.1 Å². The molecule has 1 heterocycles. The number of phenolic OH excluding ortho intramolecular Hbond substituents is 1. The van der Waals surface area contributed by atoms with Crippen LogP contribution >= 0.6 is 0 Å². The van der Waals surface area contributed by atoms with Gasteiger partial charge in [0, 0.05) is 6.07 Å². The molecule has 1 aliphatic heterocycles. The van der Waals surface area contributed by atoms with Gasteiger partial charge in [-0.25, -0.2) is 4.79 Å². The summed E-state index contributed by atoms with van der Waals surface area (Å²) in [4.78, 5) is 12.5. The number of hydrogen-bond donors (Lipinski definition) is 2. The van der Waals surface area contributed by atoms with E-state index in [0.717, 1.165) is 31.4 Å². The number of fused-ring (bicyclic) bond motifs is 1. The third-order valence-corrected chi connectivity index (χ3v) is 4.22. The first kappa shape index (κ1) is 18.8. The van der Waals surface area contributed by atoms with E-state index in [4.69, 9.17) is 14.7 Å². The second-order valence-corrected chi connectivity index (χ2v) is 6.18. The van der Waals surface area contributed by atoms with Crippen molar-refractivity contribution in [3.63, 3.8) is 0 Å². The Hall–Kier alpha value is -2.50. The molecule has 0 aromatic heterocycles. The highest BCUT2D eigenvalue weighted by molar-refractivity contribution is 5.97. The number of nitrogens with zero attached hydrogens (tertiary/aromatic N) is 1. The number of allylic oxidation sites excluding steroid dienone is 1. The van der Waals surface area contributed by atoms with Crippen LogP contribution in [0, 0.1) is 0 Å². The molecular weight excluding hydrogens is 322 g/mol. The third-order valence-electron chi connectivity index (χ3n) is 4.22. The molecule has 1 atom stereocenters. The maximum Gasteiger partial charge on any atom is 0.342 e. The maximum atomic E-state index is 12.5. The van der Waals surface area contributed by atoms with E-state index in [1.54, 1.807) is 12.1 Å². The summed E-state index contributed by atoms with van der Waals surface area (Å²) >= 11 is 0. The van der Waals surface area contributed by atoms with Crippen LogP contribution in [0.2, 0.25) is 0 Å². The molecular formula is C19H25NO5. The van der Waals surface area contributed by atoms with Crippen molar-refractivity contribution >= 4 is 17.8 Å². The van der Waals surface area contributed by atoms with Crippen molar-refractivity contribution in [3.8, 4) is 11.5 Å². The fourth-order valence-electron chi connectivity index (χ4n) is 2.85. The number of hydrogen-bond acceptors (Lipinski definition) is 6. The summed E-state index contributed by atoms with van der Waals surface area (Å²) in [6.07, 6.45) is 7.86. The van der Waals surface area contributed by atoms with E-state index in [0.29, 0.717) is 24.2 Å². The average Bonchev–Trinajstić information content (AvgIpc) is 2.58. The minimum atomic E-state index is -0.555. The molecule has 0 radical (unpaired) electrons. The molecule has 0 aliphatic carbocycles. The highest BCUT2D eigenvalue weighted by Gasteiger charge is 2.21. The zero-order chi connectivity index (χ0) is 18.2. The number of ether oxygens (including phenoxy) is 2. The SMILES string of the molecule is COc1cc(O)c2c(c1)C=CCCCC(=NO)CCCC(C)OC2=O. The van der Waals surface area contributed by atoms with Gasteiger partial charge in [-0.15, -0.1) is 0 Å². The Morgan fingerprint density at radius 3 is 2.76 bits per heavy atom. The van der Waals surface area contributed by atoms with Crippen molar-refractivity contribution in [3.05, 3.63) is 29.3 Å². The molecule has 1 aliphatic rings. The summed E-state index contributed by atoms with van der Waals surface area (Å²) in [5.41, 5.74) is 1.48. The Balaban J connectivity index is 2.33. The van der Waals surface area contributed by atoms with Gasteiger partial charge in [0.2, 0.25) is 0 Å². The molecule has 25 heavy (non-hydrogen) atoms. The van der Waals surface area contributed by atoms with Crippen molar-refractivity contribution in [1.82, 2.24) is 0 Å². The molecule has 136 valence electrons. The number of esters is 1. The summed E-state index contributed by atoms with van der Waals surface area (Å²) in [6.45, 7) is 1.82. The van der Waals surface area contributed by atoms with Crippen molar-refractivity contribution in [2.75, 3.05) is 7.11 Å². The first-order chi connectivity index (χ1) is 12.0. The summed E-state index contributed by atoms with van der Waals surface area (Å²) in [7, 11) is 1.50. The van der Waals surface area contributed by atoms with Crippen molar-refractivity contribution in [2.45, 2.75) is 51.6 Å². The Bertz CT molecular complexity index is 666. The topological polar surface area (TPSA) is 88.3 Å². The zero-order valence-electron chi connectivity index (χ0n) is 14.7. The van der Waals surface area contributed by atoms with Crippen LogP contribution in [0.1, 0.15) is 61.4 Å². The molecule has 1 aromatic carbocycles. The Morgan fingerprint density at radius 2 is 2.04 bits per heavy atom. The van der Waals surface area contributed by atoms with E-state index < -0.39 is 5.97 Å². The quantitative estimate of drug-likeness (QED) is 0.453. The van der Waals surface area contributed by atoms with E-state index in [9.17, 15) is 9.90 Å². The van der Waals surface area contributed by atoms with Gasteiger partial charge in [0.25, 0.3) is 0 Å². The van der Waals surface area contributed by atoms with E-state index in [1.165, 1.54) is 13.2 Å². The molecule has 1 aromatic rings. The number of aromatic hydroxyl groups is 1. The lowest BCUT2D eigenvalue weighted by Crippen LogP contribution is -2.17.